The summed E-state index contributed by atoms with van der Waals surface area (Å²) in [6, 6.07) is 5.19. The maximum Gasteiger partial charge on any atom is 0.165 e. The molecule has 3 aromatic rings. The van der Waals surface area contributed by atoms with Crippen molar-refractivity contribution < 1.29 is 14.6 Å². The molecule has 1 unspecified atom stereocenters. The normalized spacial score (nSPS) is 12.2. The van der Waals surface area contributed by atoms with E-state index in [2.05, 4.69) is 21.9 Å². The summed E-state index contributed by atoms with van der Waals surface area (Å²) in [4.78, 5) is 25.8. The van der Waals surface area contributed by atoms with Gasteiger partial charge in [0.15, 0.2) is 23.0 Å². The zero-order valence-electron chi connectivity index (χ0n) is 20.4. The Hall–Kier alpha value is -3.16. The number of phenols is 1. The first-order chi connectivity index (χ1) is 16.5. The van der Waals surface area contributed by atoms with Gasteiger partial charge in [-0.3, -0.25) is 4.79 Å². The van der Waals surface area contributed by atoms with Crippen LogP contribution in [0.15, 0.2) is 30.9 Å². The molecule has 0 saturated heterocycles. The van der Waals surface area contributed by atoms with Crippen molar-refractivity contribution in [2.75, 3.05) is 12.8 Å². The van der Waals surface area contributed by atoms with Gasteiger partial charge in [-0.05, 0) is 30.5 Å². The Bertz CT molecular complexity index is 1070. The minimum atomic E-state index is -0.0169. The summed E-state index contributed by atoms with van der Waals surface area (Å²) in [6.07, 6.45) is 14.1. The van der Waals surface area contributed by atoms with Crippen LogP contribution in [0.2, 0.25) is 0 Å². The van der Waals surface area contributed by atoms with E-state index in [1.807, 2.05) is 10.6 Å². The molecule has 0 spiro atoms. The molecule has 0 fully saturated rings. The Kier molecular flexibility index (Phi) is 9.67. The SMILES string of the molecule is CCCCCCCCCC(CC(=O)CCc1ccc(O)c(OC)c1)n1cnc2c(N)ncnc21. The van der Waals surface area contributed by atoms with Crippen molar-refractivity contribution in [2.24, 2.45) is 0 Å². The number of ketones is 1. The van der Waals surface area contributed by atoms with Crippen LogP contribution in [0.5, 0.6) is 11.5 Å². The van der Waals surface area contributed by atoms with Gasteiger partial charge in [0.2, 0.25) is 0 Å². The van der Waals surface area contributed by atoms with Gasteiger partial charge in [-0.15, -0.1) is 0 Å². The molecule has 1 atom stereocenters. The van der Waals surface area contributed by atoms with Crippen LogP contribution in [0.3, 0.4) is 0 Å². The number of hydrogen-bond donors (Lipinski definition) is 2. The summed E-state index contributed by atoms with van der Waals surface area (Å²) in [5.74, 6) is 1.05. The van der Waals surface area contributed by atoms with E-state index in [0.717, 1.165) is 24.8 Å². The molecule has 0 bridgehead atoms. The maximum atomic E-state index is 13.0. The van der Waals surface area contributed by atoms with Crippen molar-refractivity contribution in [1.82, 2.24) is 19.5 Å². The fourth-order valence-electron chi connectivity index (χ4n) is 4.34. The van der Waals surface area contributed by atoms with Gasteiger partial charge < -0.3 is 20.1 Å². The third kappa shape index (κ3) is 6.92. The number of hydrogen-bond acceptors (Lipinski definition) is 7. The molecule has 3 rings (SSSR count). The fourth-order valence-corrected chi connectivity index (χ4v) is 4.34. The number of aryl methyl sites for hydroxylation is 1. The van der Waals surface area contributed by atoms with Crippen molar-refractivity contribution in [1.29, 1.82) is 0 Å². The number of carbonyl (C=O) groups excluding carboxylic acids is 1. The minimum Gasteiger partial charge on any atom is -0.504 e. The zero-order chi connectivity index (χ0) is 24.3. The van der Waals surface area contributed by atoms with Gasteiger partial charge in [0.05, 0.1) is 13.4 Å². The van der Waals surface area contributed by atoms with Gasteiger partial charge in [0.1, 0.15) is 17.6 Å². The number of nitrogens with two attached hydrogens (primary N) is 1. The molecule has 2 aromatic heterocycles. The maximum absolute atomic E-state index is 13.0. The number of unbranched alkanes of at least 4 members (excludes halogenated alkanes) is 6. The van der Waals surface area contributed by atoms with E-state index in [0.29, 0.717) is 42.0 Å². The molecule has 0 amide bonds. The van der Waals surface area contributed by atoms with Crippen molar-refractivity contribution in [3.8, 4) is 11.5 Å². The van der Waals surface area contributed by atoms with E-state index in [9.17, 15) is 9.90 Å². The molecule has 0 aliphatic heterocycles. The number of carbonyl (C=O) groups is 1. The molecule has 3 N–H and O–H groups in total. The lowest BCUT2D eigenvalue weighted by Crippen LogP contribution is -2.15. The summed E-state index contributed by atoms with van der Waals surface area (Å²) in [5, 5.41) is 9.79. The topological polar surface area (TPSA) is 116 Å². The number of aromatic hydroxyl groups is 1. The lowest BCUT2D eigenvalue weighted by atomic mass is 9.98. The molecular formula is C26H37N5O3. The number of Topliss-reactive ketones (excluding diaryl/α,β-unsaturated/α-hetero) is 1. The molecule has 8 heteroatoms. The second-order valence-corrected chi connectivity index (χ2v) is 8.90. The van der Waals surface area contributed by atoms with Crippen LogP contribution in [-0.4, -0.2) is 37.5 Å². The highest BCUT2D eigenvalue weighted by Crippen LogP contribution is 2.28. The van der Waals surface area contributed by atoms with Crippen LogP contribution in [0, 0.1) is 0 Å². The van der Waals surface area contributed by atoms with E-state index < -0.39 is 0 Å². The van der Waals surface area contributed by atoms with Crippen molar-refractivity contribution in [2.45, 2.75) is 83.6 Å². The van der Waals surface area contributed by atoms with Gasteiger partial charge in [0.25, 0.3) is 0 Å². The predicted molar refractivity (Wildman–Crippen MR) is 134 cm³/mol. The van der Waals surface area contributed by atoms with Crippen molar-refractivity contribution in [3.63, 3.8) is 0 Å². The van der Waals surface area contributed by atoms with Crippen molar-refractivity contribution >= 4 is 22.8 Å². The number of ether oxygens (including phenoxy) is 1. The number of aromatic nitrogens is 4. The van der Waals surface area contributed by atoms with Gasteiger partial charge >= 0.3 is 0 Å². The lowest BCUT2D eigenvalue weighted by Gasteiger charge is -2.19. The predicted octanol–water partition coefficient (Wildman–Crippen LogP) is 5.40. The summed E-state index contributed by atoms with van der Waals surface area (Å²) < 4.78 is 7.17. The number of benzene rings is 1. The number of nitrogen functional groups attached to an aromatic ring is 1. The number of imidazole rings is 1. The molecule has 2 heterocycles. The number of anilines is 1. The fraction of sp³-hybridized carbons (Fsp3) is 0.538. The van der Waals surface area contributed by atoms with Crippen LogP contribution in [0.25, 0.3) is 11.2 Å². The van der Waals surface area contributed by atoms with E-state index in [4.69, 9.17) is 10.5 Å². The Morgan fingerprint density at radius 1 is 1.12 bits per heavy atom. The average Bonchev–Trinajstić information content (AvgIpc) is 3.27. The van der Waals surface area contributed by atoms with Crippen LogP contribution < -0.4 is 10.5 Å². The smallest absolute Gasteiger partial charge is 0.165 e. The van der Waals surface area contributed by atoms with Crippen LogP contribution in [0.4, 0.5) is 5.82 Å². The molecular weight excluding hydrogens is 430 g/mol. The molecule has 184 valence electrons. The number of rotatable bonds is 15. The van der Waals surface area contributed by atoms with Crippen LogP contribution in [-0.2, 0) is 11.2 Å². The quantitative estimate of drug-likeness (QED) is 0.288. The molecule has 1 aromatic carbocycles. The van der Waals surface area contributed by atoms with Gasteiger partial charge in [-0.25, -0.2) is 15.0 Å². The van der Waals surface area contributed by atoms with E-state index in [1.165, 1.54) is 45.5 Å². The highest BCUT2D eigenvalue weighted by atomic mass is 16.5. The summed E-state index contributed by atoms with van der Waals surface area (Å²) in [6.45, 7) is 2.23. The van der Waals surface area contributed by atoms with E-state index in [1.54, 1.807) is 18.5 Å². The third-order valence-corrected chi connectivity index (χ3v) is 6.32. The Morgan fingerprint density at radius 2 is 1.88 bits per heavy atom. The van der Waals surface area contributed by atoms with Crippen molar-refractivity contribution in [3.05, 3.63) is 36.4 Å². The first kappa shape index (κ1) is 25.5. The van der Waals surface area contributed by atoms with E-state index >= 15 is 0 Å². The molecule has 0 aliphatic carbocycles. The zero-order valence-corrected chi connectivity index (χ0v) is 20.4. The average molecular weight is 468 g/mol. The molecule has 8 nitrogen and oxygen atoms in total. The van der Waals surface area contributed by atoms with Gasteiger partial charge in [0, 0.05) is 18.9 Å². The molecule has 0 aliphatic rings. The van der Waals surface area contributed by atoms with E-state index in [-0.39, 0.29) is 17.6 Å². The highest BCUT2D eigenvalue weighted by Gasteiger charge is 2.20. The highest BCUT2D eigenvalue weighted by molar-refractivity contribution is 5.82. The first-order valence-corrected chi connectivity index (χ1v) is 12.3. The second-order valence-electron chi connectivity index (χ2n) is 8.90. The molecule has 0 radical (unpaired) electrons. The number of phenolic OH excluding ortho intramolecular Hbond substituents is 1. The summed E-state index contributed by atoms with van der Waals surface area (Å²) in [7, 11) is 1.52. The Morgan fingerprint density at radius 3 is 2.65 bits per heavy atom. The van der Waals surface area contributed by atoms with Crippen LogP contribution in [0.1, 0.15) is 82.7 Å². The number of fused-ring (bicyclic) bond motifs is 1. The molecule has 0 saturated carbocycles. The second kappa shape index (κ2) is 12.9. The van der Waals surface area contributed by atoms with Gasteiger partial charge in [-0.2, -0.15) is 0 Å². The first-order valence-electron chi connectivity index (χ1n) is 12.3. The summed E-state index contributed by atoms with van der Waals surface area (Å²) in [5.41, 5.74) is 8.19. The Labute approximate surface area is 201 Å². The summed E-state index contributed by atoms with van der Waals surface area (Å²) >= 11 is 0. The molecule has 34 heavy (non-hydrogen) atoms. The number of methoxy groups -OCH3 is 1. The monoisotopic (exact) mass is 467 g/mol. The lowest BCUT2D eigenvalue weighted by molar-refractivity contribution is -0.119. The largest absolute Gasteiger partial charge is 0.504 e. The number of nitrogens with zero attached hydrogens (tertiary/aromatic N) is 4. The Balaban J connectivity index is 1.64. The standard InChI is InChI=1S/C26H37N5O3/c1-3-4-5-6-7-8-9-10-20(31-18-30-24-25(27)28-17-29-26(24)31)16-21(32)13-11-19-12-14-22(33)23(15-19)34-2/h12,14-15,17-18,20,33H,3-11,13,16H2,1-2H3,(H2,27,28,29). The van der Waals surface area contributed by atoms with Crippen LogP contribution >= 0.6 is 0 Å². The van der Waals surface area contributed by atoms with Gasteiger partial charge in [-0.1, -0.05) is 57.9 Å². The minimum absolute atomic E-state index is 0.0169. The third-order valence-electron chi connectivity index (χ3n) is 6.32.